The lowest BCUT2D eigenvalue weighted by molar-refractivity contribution is -0.118. The van der Waals surface area contributed by atoms with Gasteiger partial charge in [0.15, 0.2) is 6.61 Å². The van der Waals surface area contributed by atoms with Gasteiger partial charge in [0, 0.05) is 5.69 Å². The van der Waals surface area contributed by atoms with Crippen molar-refractivity contribution in [1.82, 2.24) is 0 Å². The van der Waals surface area contributed by atoms with Gasteiger partial charge in [-0.2, -0.15) is 0 Å². The highest BCUT2D eigenvalue weighted by molar-refractivity contribution is 5.93. The fourth-order valence-corrected chi connectivity index (χ4v) is 2.48. The lowest BCUT2D eigenvalue weighted by atomic mass is 10.1. The second-order valence-corrected chi connectivity index (χ2v) is 5.57. The molecule has 1 N–H and O–H groups in total. The van der Waals surface area contributed by atoms with E-state index in [1.54, 1.807) is 0 Å². The molecule has 0 heterocycles. The Labute approximate surface area is 132 Å². The summed E-state index contributed by atoms with van der Waals surface area (Å²) < 4.78 is 5.63. The maximum Gasteiger partial charge on any atom is 0.262 e. The van der Waals surface area contributed by atoms with E-state index >= 15 is 0 Å². The predicted molar refractivity (Wildman–Crippen MR) is 90.6 cm³/mol. The summed E-state index contributed by atoms with van der Waals surface area (Å²) in [5.41, 5.74) is 5.33. The lowest BCUT2D eigenvalue weighted by Crippen LogP contribution is -2.21. The quantitative estimate of drug-likeness (QED) is 0.898. The van der Waals surface area contributed by atoms with E-state index in [1.807, 2.05) is 57.2 Å². The molecule has 0 atom stereocenters. The van der Waals surface area contributed by atoms with Crippen LogP contribution < -0.4 is 10.1 Å². The first-order chi connectivity index (χ1) is 10.5. The Kier molecular flexibility index (Phi) is 5.21. The summed E-state index contributed by atoms with van der Waals surface area (Å²) in [6.07, 6.45) is 0.884. The molecule has 2 aromatic rings. The van der Waals surface area contributed by atoms with Crippen molar-refractivity contribution in [2.45, 2.75) is 34.1 Å². The zero-order chi connectivity index (χ0) is 16.1. The second kappa shape index (κ2) is 7.12. The highest BCUT2D eigenvalue weighted by atomic mass is 16.5. The molecule has 0 unspecified atom stereocenters. The van der Waals surface area contributed by atoms with Crippen molar-refractivity contribution < 1.29 is 9.53 Å². The second-order valence-electron chi connectivity index (χ2n) is 5.57. The third-order valence-corrected chi connectivity index (χ3v) is 3.69. The van der Waals surface area contributed by atoms with Crippen LogP contribution >= 0.6 is 0 Å². The van der Waals surface area contributed by atoms with Crippen LogP contribution in [0.5, 0.6) is 5.75 Å². The number of hydrogen-bond donors (Lipinski definition) is 1. The van der Waals surface area contributed by atoms with Gasteiger partial charge in [0.25, 0.3) is 5.91 Å². The van der Waals surface area contributed by atoms with Crippen LogP contribution in [0.15, 0.2) is 36.4 Å². The molecule has 0 aliphatic rings. The maximum absolute atomic E-state index is 12.1. The van der Waals surface area contributed by atoms with Crippen molar-refractivity contribution in [3.8, 4) is 5.75 Å². The molecule has 0 bridgehead atoms. The first-order valence-electron chi connectivity index (χ1n) is 7.59. The summed E-state index contributed by atoms with van der Waals surface area (Å²) in [6.45, 7) is 8.11. The van der Waals surface area contributed by atoms with E-state index in [1.165, 1.54) is 5.56 Å². The molecule has 0 aromatic heterocycles. The van der Waals surface area contributed by atoms with E-state index in [0.29, 0.717) is 0 Å². The molecule has 3 nitrogen and oxygen atoms in total. The van der Waals surface area contributed by atoms with Gasteiger partial charge in [-0.25, -0.2) is 0 Å². The molecule has 0 saturated heterocycles. The number of para-hydroxylation sites is 1. The molecule has 1 amide bonds. The van der Waals surface area contributed by atoms with Crippen molar-refractivity contribution >= 4 is 11.6 Å². The summed E-state index contributed by atoms with van der Waals surface area (Å²) in [6, 6.07) is 12.0. The fourth-order valence-electron chi connectivity index (χ4n) is 2.48. The van der Waals surface area contributed by atoms with E-state index in [0.717, 1.165) is 34.5 Å². The highest BCUT2D eigenvalue weighted by Gasteiger charge is 2.10. The minimum atomic E-state index is -0.135. The molecular weight excluding hydrogens is 274 g/mol. The highest BCUT2D eigenvalue weighted by Crippen LogP contribution is 2.22. The topological polar surface area (TPSA) is 38.3 Å². The summed E-state index contributed by atoms with van der Waals surface area (Å²) in [4.78, 5) is 12.1. The van der Waals surface area contributed by atoms with E-state index < -0.39 is 0 Å². The lowest BCUT2D eigenvalue weighted by Gasteiger charge is -2.14. The molecule has 0 fully saturated rings. The number of ether oxygens (including phenoxy) is 1. The van der Waals surface area contributed by atoms with Crippen LogP contribution in [-0.4, -0.2) is 12.5 Å². The number of aryl methyl sites for hydroxylation is 4. The first-order valence-corrected chi connectivity index (χ1v) is 7.59. The van der Waals surface area contributed by atoms with Gasteiger partial charge in [-0.1, -0.05) is 42.8 Å². The van der Waals surface area contributed by atoms with Gasteiger partial charge in [0.1, 0.15) is 5.75 Å². The van der Waals surface area contributed by atoms with E-state index in [4.69, 9.17) is 4.74 Å². The van der Waals surface area contributed by atoms with Crippen LogP contribution in [0.3, 0.4) is 0 Å². The smallest absolute Gasteiger partial charge is 0.262 e. The summed E-state index contributed by atoms with van der Waals surface area (Å²) in [5.74, 6) is 0.616. The largest absolute Gasteiger partial charge is 0.483 e. The minimum Gasteiger partial charge on any atom is -0.483 e. The molecule has 0 saturated carbocycles. The molecule has 116 valence electrons. The van der Waals surface area contributed by atoms with Crippen molar-refractivity contribution in [2.75, 3.05) is 11.9 Å². The van der Waals surface area contributed by atoms with Gasteiger partial charge < -0.3 is 10.1 Å². The van der Waals surface area contributed by atoms with Gasteiger partial charge in [-0.05, 0) is 49.9 Å². The van der Waals surface area contributed by atoms with Crippen LogP contribution in [0.2, 0.25) is 0 Å². The Morgan fingerprint density at radius 2 is 1.86 bits per heavy atom. The zero-order valence-electron chi connectivity index (χ0n) is 13.7. The van der Waals surface area contributed by atoms with Crippen LogP contribution in [-0.2, 0) is 11.2 Å². The van der Waals surface area contributed by atoms with Crippen LogP contribution in [0.4, 0.5) is 5.69 Å². The number of benzene rings is 2. The van der Waals surface area contributed by atoms with Gasteiger partial charge in [0.05, 0.1) is 0 Å². The summed E-state index contributed by atoms with van der Waals surface area (Å²) in [7, 11) is 0. The number of carbonyl (C=O) groups is 1. The average Bonchev–Trinajstić information content (AvgIpc) is 2.48. The fraction of sp³-hybridized carbons (Fsp3) is 0.316. The first kappa shape index (κ1) is 16.1. The third-order valence-electron chi connectivity index (χ3n) is 3.69. The van der Waals surface area contributed by atoms with E-state index in [-0.39, 0.29) is 12.5 Å². The van der Waals surface area contributed by atoms with Gasteiger partial charge >= 0.3 is 0 Å². The monoisotopic (exact) mass is 297 g/mol. The molecule has 0 aliphatic heterocycles. The number of amides is 1. The number of anilines is 1. The van der Waals surface area contributed by atoms with Crippen molar-refractivity contribution in [1.29, 1.82) is 0 Å². The molecular formula is C19H23NO2. The van der Waals surface area contributed by atoms with Gasteiger partial charge in [0.2, 0.25) is 0 Å². The standard InChI is InChI=1S/C19H23NO2/c1-5-16-8-6-7-14(3)19(16)20-18(21)12-22-17-10-9-13(2)11-15(17)4/h6-11H,5,12H2,1-4H3,(H,20,21). The van der Waals surface area contributed by atoms with Gasteiger partial charge in [-0.3, -0.25) is 4.79 Å². The Morgan fingerprint density at radius 3 is 2.55 bits per heavy atom. The third kappa shape index (κ3) is 3.88. The summed E-state index contributed by atoms with van der Waals surface area (Å²) >= 11 is 0. The van der Waals surface area contributed by atoms with E-state index in [9.17, 15) is 4.79 Å². The normalized spacial score (nSPS) is 10.4. The van der Waals surface area contributed by atoms with Crippen molar-refractivity contribution in [3.05, 3.63) is 58.7 Å². The molecule has 2 aromatic carbocycles. The van der Waals surface area contributed by atoms with Crippen LogP contribution in [0.1, 0.15) is 29.2 Å². The van der Waals surface area contributed by atoms with Crippen LogP contribution in [0.25, 0.3) is 0 Å². The van der Waals surface area contributed by atoms with Crippen LogP contribution in [0, 0.1) is 20.8 Å². The van der Waals surface area contributed by atoms with Gasteiger partial charge in [-0.15, -0.1) is 0 Å². The van der Waals surface area contributed by atoms with E-state index in [2.05, 4.69) is 12.2 Å². The summed E-state index contributed by atoms with van der Waals surface area (Å²) in [5, 5.41) is 2.97. The maximum atomic E-state index is 12.1. The molecule has 22 heavy (non-hydrogen) atoms. The van der Waals surface area contributed by atoms with Crippen molar-refractivity contribution in [3.63, 3.8) is 0 Å². The molecule has 0 spiro atoms. The number of hydrogen-bond acceptors (Lipinski definition) is 2. The number of nitrogens with one attached hydrogen (secondary N) is 1. The Morgan fingerprint density at radius 1 is 1.09 bits per heavy atom. The molecule has 0 aliphatic carbocycles. The Bertz CT molecular complexity index is 677. The molecule has 3 heteroatoms. The Balaban J connectivity index is 2.02. The Hall–Kier alpha value is -2.29. The minimum absolute atomic E-state index is 0.0153. The number of carbonyl (C=O) groups excluding carboxylic acids is 1. The SMILES string of the molecule is CCc1cccc(C)c1NC(=O)COc1ccc(C)cc1C. The predicted octanol–water partition coefficient (Wildman–Crippen LogP) is 4.19. The molecule has 0 radical (unpaired) electrons. The average molecular weight is 297 g/mol. The molecule has 2 rings (SSSR count). The number of rotatable bonds is 5. The zero-order valence-corrected chi connectivity index (χ0v) is 13.7. The van der Waals surface area contributed by atoms with Crippen molar-refractivity contribution in [2.24, 2.45) is 0 Å².